The molecule has 2 atom stereocenters. The normalized spacial score (nSPS) is 24.6. The Balaban J connectivity index is 2.22. The van der Waals surface area contributed by atoms with Gasteiger partial charge in [-0.3, -0.25) is 4.79 Å². The second kappa shape index (κ2) is 4.61. The SMILES string of the molecule is COC1CC(=O)c2c(cc3c(c2O)COC(C)=C3)[C@@H]1O. The molecule has 1 aliphatic heterocycles. The highest BCUT2D eigenvalue weighted by atomic mass is 16.5. The molecule has 1 aromatic carbocycles. The van der Waals surface area contributed by atoms with Gasteiger partial charge >= 0.3 is 0 Å². The van der Waals surface area contributed by atoms with Gasteiger partial charge in [-0.05, 0) is 30.2 Å². The number of fused-ring (bicyclic) bond motifs is 2. The van der Waals surface area contributed by atoms with Crippen molar-refractivity contribution >= 4 is 11.9 Å². The molecule has 106 valence electrons. The van der Waals surface area contributed by atoms with E-state index < -0.39 is 12.2 Å². The van der Waals surface area contributed by atoms with Gasteiger partial charge < -0.3 is 19.7 Å². The van der Waals surface area contributed by atoms with Crippen LogP contribution in [0.1, 0.15) is 46.5 Å². The van der Waals surface area contributed by atoms with Crippen LogP contribution < -0.4 is 0 Å². The number of aliphatic hydroxyl groups is 1. The zero-order valence-electron chi connectivity index (χ0n) is 11.3. The number of methoxy groups -OCH3 is 1. The van der Waals surface area contributed by atoms with Crippen molar-refractivity contribution in [3.05, 3.63) is 34.1 Å². The van der Waals surface area contributed by atoms with Gasteiger partial charge in [-0.2, -0.15) is 0 Å². The van der Waals surface area contributed by atoms with E-state index in [1.54, 1.807) is 12.1 Å². The van der Waals surface area contributed by atoms with Crippen molar-refractivity contribution in [3.63, 3.8) is 0 Å². The quantitative estimate of drug-likeness (QED) is 0.819. The molecular formula is C15H16O5. The van der Waals surface area contributed by atoms with Crippen molar-refractivity contribution in [2.24, 2.45) is 0 Å². The minimum Gasteiger partial charge on any atom is -0.507 e. The number of ketones is 1. The van der Waals surface area contributed by atoms with E-state index in [0.717, 1.165) is 11.3 Å². The second-order valence-electron chi connectivity index (χ2n) is 5.15. The number of carbonyl (C=O) groups is 1. The summed E-state index contributed by atoms with van der Waals surface area (Å²) >= 11 is 0. The second-order valence-corrected chi connectivity index (χ2v) is 5.15. The lowest BCUT2D eigenvalue weighted by Gasteiger charge is -2.30. The summed E-state index contributed by atoms with van der Waals surface area (Å²) in [4.78, 5) is 12.2. The van der Waals surface area contributed by atoms with Crippen molar-refractivity contribution in [1.82, 2.24) is 0 Å². The van der Waals surface area contributed by atoms with Crippen LogP contribution in [0.4, 0.5) is 0 Å². The van der Waals surface area contributed by atoms with E-state index in [1.807, 2.05) is 6.92 Å². The molecule has 5 heteroatoms. The van der Waals surface area contributed by atoms with Crippen molar-refractivity contribution in [2.45, 2.75) is 32.2 Å². The molecule has 0 bridgehead atoms. The third kappa shape index (κ3) is 1.82. The number of aliphatic hydroxyl groups excluding tert-OH is 1. The molecule has 0 amide bonds. The number of hydrogen-bond acceptors (Lipinski definition) is 5. The first-order valence-electron chi connectivity index (χ1n) is 6.46. The molecule has 1 aromatic rings. The minimum absolute atomic E-state index is 0.0622. The lowest BCUT2D eigenvalue weighted by molar-refractivity contribution is -0.0195. The minimum atomic E-state index is -0.916. The molecule has 20 heavy (non-hydrogen) atoms. The summed E-state index contributed by atoms with van der Waals surface area (Å²) in [6, 6.07) is 1.74. The molecule has 0 saturated heterocycles. The average Bonchev–Trinajstić information content (AvgIpc) is 2.42. The Bertz CT molecular complexity index is 617. The average molecular weight is 276 g/mol. The summed E-state index contributed by atoms with van der Waals surface area (Å²) in [6.45, 7) is 2.05. The van der Waals surface area contributed by atoms with Gasteiger partial charge in [0.25, 0.3) is 0 Å². The lowest BCUT2D eigenvalue weighted by atomic mass is 9.82. The van der Waals surface area contributed by atoms with Gasteiger partial charge in [0.1, 0.15) is 18.5 Å². The summed E-state index contributed by atoms with van der Waals surface area (Å²) in [5, 5.41) is 20.6. The third-order valence-electron chi connectivity index (χ3n) is 3.91. The Morgan fingerprint density at radius 3 is 2.90 bits per heavy atom. The standard InChI is InChI=1S/C15H16O5/c1-7-3-8-4-9-13(15(18)10(8)6-20-7)11(16)5-12(19-2)14(9)17/h3-4,12,14,17-18H,5-6H2,1-2H3/t12?,14-/m0/s1. The number of carbonyl (C=O) groups excluding carboxylic acids is 1. The summed E-state index contributed by atoms with van der Waals surface area (Å²) in [5.74, 6) is 0.431. The molecule has 1 heterocycles. The van der Waals surface area contributed by atoms with Crippen LogP contribution in [0.25, 0.3) is 6.08 Å². The van der Waals surface area contributed by atoms with Crippen LogP contribution >= 0.6 is 0 Å². The largest absolute Gasteiger partial charge is 0.507 e. The first-order chi connectivity index (χ1) is 9.52. The first kappa shape index (κ1) is 13.1. The number of allylic oxidation sites excluding steroid dienone is 1. The molecule has 0 radical (unpaired) electrons. The topological polar surface area (TPSA) is 76.0 Å². The van der Waals surface area contributed by atoms with Crippen LogP contribution in [0.2, 0.25) is 0 Å². The molecule has 0 saturated carbocycles. The molecular weight excluding hydrogens is 260 g/mol. The molecule has 0 spiro atoms. The van der Waals surface area contributed by atoms with Crippen LogP contribution in [0.15, 0.2) is 11.8 Å². The smallest absolute Gasteiger partial charge is 0.169 e. The third-order valence-corrected chi connectivity index (χ3v) is 3.91. The van der Waals surface area contributed by atoms with Crippen LogP contribution in [0.3, 0.4) is 0 Å². The highest BCUT2D eigenvalue weighted by molar-refractivity contribution is 6.02. The number of rotatable bonds is 1. The zero-order chi connectivity index (χ0) is 14.4. The fourth-order valence-corrected chi connectivity index (χ4v) is 2.81. The molecule has 0 aromatic heterocycles. The van der Waals surface area contributed by atoms with Gasteiger partial charge in [0.15, 0.2) is 5.78 Å². The number of phenols is 1. The maximum absolute atomic E-state index is 12.2. The van der Waals surface area contributed by atoms with Crippen LogP contribution in [-0.4, -0.2) is 29.2 Å². The first-order valence-corrected chi connectivity index (χ1v) is 6.46. The number of aromatic hydroxyl groups is 1. The van der Waals surface area contributed by atoms with Crippen LogP contribution in [-0.2, 0) is 16.1 Å². The fraction of sp³-hybridized carbons (Fsp3) is 0.400. The van der Waals surface area contributed by atoms with Gasteiger partial charge in [0, 0.05) is 19.1 Å². The van der Waals surface area contributed by atoms with Gasteiger partial charge in [-0.1, -0.05) is 0 Å². The summed E-state index contributed by atoms with van der Waals surface area (Å²) in [5.41, 5.74) is 1.98. The Hall–Kier alpha value is -1.85. The van der Waals surface area contributed by atoms with E-state index in [2.05, 4.69) is 0 Å². The monoisotopic (exact) mass is 276 g/mol. The summed E-state index contributed by atoms with van der Waals surface area (Å²) in [6.07, 6.45) is 0.358. The lowest BCUT2D eigenvalue weighted by Crippen LogP contribution is -2.31. The van der Waals surface area contributed by atoms with Gasteiger partial charge in [-0.25, -0.2) is 0 Å². The van der Waals surface area contributed by atoms with Gasteiger partial charge in [0.2, 0.25) is 0 Å². The molecule has 5 nitrogen and oxygen atoms in total. The predicted molar refractivity (Wildman–Crippen MR) is 71.3 cm³/mol. The number of ether oxygens (including phenoxy) is 2. The van der Waals surface area contributed by atoms with Crippen molar-refractivity contribution in [1.29, 1.82) is 0 Å². The molecule has 2 N–H and O–H groups in total. The highest BCUT2D eigenvalue weighted by Gasteiger charge is 2.36. The van der Waals surface area contributed by atoms with Gasteiger partial charge in [-0.15, -0.1) is 0 Å². The predicted octanol–water partition coefficient (Wildman–Crippen LogP) is 1.92. The molecule has 2 aliphatic rings. The van der Waals surface area contributed by atoms with Crippen molar-refractivity contribution in [2.75, 3.05) is 7.11 Å². The Labute approximate surface area is 116 Å². The Morgan fingerprint density at radius 2 is 2.20 bits per heavy atom. The van der Waals surface area contributed by atoms with Crippen LogP contribution in [0.5, 0.6) is 5.75 Å². The molecule has 0 fully saturated rings. The fourth-order valence-electron chi connectivity index (χ4n) is 2.81. The summed E-state index contributed by atoms with van der Waals surface area (Å²) in [7, 11) is 1.46. The van der Waals surface area contributed by atoms with E-state index in [-0.39, 0.29) is 30.1 Å². The maximum Gasteiger partial charge on any atom is 0.169 e. The number of benzene rings is 1. The zero-order valence-corrected chi connectivity index (χ0v) is 11.3. The van der Waals surface area contributed by atoms with E-state index in [9.17, 15) is 15.0 Å². The van der Waals surface area contributed by atoms with E-state index in [0.29, 0.717) is 11.1 Å². The van der Waals surface area contributed by atoms with Crippen molar-refractivity contribution < 1.29 is 24.5 Å². The van der Waals surface area contributed by atoms with E-state index >= 15 is 0 Å². The Morgan fingerprint density at radius 1 is 1.45 bits per heavy atom. The van der Waals surface area contributed by atoms with E-state index in [1.165, 1.54) is 7.11 Å². The summed E-state index contributed by atoms with van der Waals surface area (Å²) < 4.78 is 10.5. The molecule has 1 aliphatic carbocycles. The number of Topliss-reactive ketones (excluding diaryl/α,β-unsaturated/α-hetero) is 1. The molecule has 3 rings (SSSR count). The van der Waals surface area contributed by atoms with Crippen molar-refractivity contribution in [3.8, 4) is 5.75 Å². The maximum atomic E-state index is 12.2. The van der Waals surface area contributed by atoms with Gasteiger partial charge in [0.05, 0.1) is 17.4 Å². The van der Waals surface area contributed by atoms with Crippen LogP contribution in [0, 0.1) is 0 Å². The molecule has 1 unspecified atom stereocenters. The Kier molecular flexibility index (Phi) is 3.03. The number of hydrogen-bond donors (Lipinski definition) is 2. The highest BCUT2D eigenvalue weighted by Crippen LogP contribution is 2.41. The van der Waals surface area contributed by atoms with E-state index in [4.69, 9.17) is 9.47 Å². The number of phenolic OH excluding ortho intramolecular Hbond substituents is 1.